The van der Waals surface area contributed by atoms with Gasteiger partial charge >= 0.3 is 12.1 Å². The molecule has 2 amide bonds. The lowest BCUT2D eigenvalue weighted by molar-refractivity contribution is -0.123. The third-order valence-electron chi connectivity index (χ3n) is 5.71. The molecular formula is C25H25N3O5S. The van der Waals surface area contributed by atoms with E-state index >= 15 is 0 Å². The highest BCUT2D eigenvalue weighted by atomic mass is 32.1. The van der Waals surface area contributed by atoms with Gasteiger partial charge in [-0.25, -0.2) is 14.6 Å². The molecular weight excluding hydrogens is 454 g/mol. The van der Waals surface area contributed by atoms with Crippen molar-refractivity contribution in [2.24, 2.45) is 0 Å². The topological polar surface area (TPSA) is 118 Å². The molecule has 1 aliphatic rings. The minimum Gasteiger partial charge on any atom is -0.477 e. The Morgan fingerprint density at radius 2 is 1.74 bits per heavy atom. The van der Waals surface area contributed by atoms with Gasteiger partial charge in [-0.05, 0) is 28.7 Å². The van der Waals surface area contributed by atoms with Crippen LogP contribution in [0.15, 0.2) is 54.7 Å². The normalized spacial score (nSPS) is 13.0. The monoisotopic (exact) mass is 479 g/mol. The number of benzene rings is 2. The summed E-state index contributed by atoms with van der Waals surface area (Å²) in [6, 6.07) is 15.4. The third kappa shape index (κ3) is 5.09. The van der Waals surface area contributed by atoms with Crippen LogP contribution in [0.3, 0.4) is 0 Å². The number of carbonyl (C=O) groups is 3. The first-order valence-corrected chi connectivity index (χ1v) is 11.9. The Hall–Kier alpha value is -3.72. The van der Waals surface area contributed by atoms with E-state index in [-0.39, 0.29) is 29.9 Å². The van der Waals surface area contributed by atoms with Crippen LogP contribution < -0.4 is 10.6 Å². The molecule has 0 bridgehead atoms. The van der Waals surface area contributed by atoms with Gasteiger partial charge in [0.05, 0.1) is 12.7 Å². The number of amides is 2. The number of aromatic nitrogens is 1. The number of nitrogens with one attached hydrogen (secondary N) is 2. The van der Waals surface area contributed by atoms with E-state index in [0.717, 1.165) is 33.6 Å². The van der Waals surface area contributed by atoms with E-state index in [9.17, 15) is 14.4 Å². The summed E-state index contributed by atoms with van der Waals surface area (Å²) in [6.45, 7) is 2.17. The van der Waals surface area contributed by atoms with Crippen LogP contribution in [0.4, 0.5) is 4.79 Å². The molecule has 0 saturated heterocycles. The summed E-state index contributed by atoms with van der Waals surface area (Å²) in [5.41, 5.74) is 4.51. The Morgan fingerprint density at radius 1 is 1.09 bits per heavy atom. The van der Waals surface area contributed by atoms with Gasteiger partial charge in [-0.15, -0.1) is 11.3 Å². The predicted molar refractivity (Wildman–Crippen MR) is 128 cm³/mol. The van der Waals surface area contributed by atoms with E-state index in [2.05, 4.69) is 27.8 Å². The summed E-state index contributed by atoms with van der Waals surface area (Å²) >= 11 is 0.996. The smallest absolute Gasteiger partial charge is 0.407 e. The number of thiazole rings is 1. The molecule has 0 saturated carbocycles. The van der Waals surface area contributed by atoms with Crippen molar-refractivity contribution in [2.75, 3.05) is 6.61 Å². The van der Waals surface area contributed by atoms with Crippen LogP contribution in [0.1, 0.15) is 51.5 Å². The van der Waals surface area contributed by atoms with E-state index in [1.54, 1.807) is 0 Å². The van der Waals surface area contributed by atoms with Crippen LogP contribution in [0.5, 0.6) is 0 Å². The van der Waals surface area contributed by atoms with Gasteiger partial charge < -0.3 is 20.5 Å². The molecule has 9 heteroatoms. The summed E-state index contributed by atoms with van der Waals surface area (Å²) in [6.07, 6.45) is 1.72. The van der Waals surface area contributed by atoms with Crippen LogP contribution in [-0.2, 0) is 16.1 Å². The first-order valence-electron chi connectivity index (χ1n) is 11.0. The Bertz CT molecular complexity index is 1160. The van der Waals surface area contributed by atoms with E-state index < -0.39 is 18.1 Å². The molecule has 8 nitrogen and oxygen atoms in total. The lowest BCUT2D eigenvalue weighted by atomic mass is 9.98. The average molecular weight is 480 g/mol. The zero-order valence-electron chi connectivity index (χ0n) is 18.6. The Balaban J connectivity index is 1.35. The van der Waals surface area contributed by atoms with Gasteiger partial charge in [-0.2, -0.15) is 0 Å². The van der Waals surface area contributed by atoms with Crippen molar-refractivity contribution < 1.29 is 24.2 Å². The molecule has 1 aliphatic carbocycles. The van der Waals surface area contributed by atoms with Gasteiger partial charge in [0.2, 0.25) is 5.91 Å². The molecule has 0 radical (unpaired) electrons. The molecule has 3 N–H and O–H groups in total. The Kier molecular flexibility index (Phi) is 7.22. The molecule has 0 fully saturated rings. The second-order valence-corrected chi connectivity index (χ2v) is 9.07. The fourth-order valence-electron chi connectivity index (χ4n) is 4.12. The van der Waals surface area contributed by atoms with Crippen molar-refractivity contribution in [2.45, 2.75) is 38.3 Å². The highest BCUT2D eigenvalue weighted by Gasteiger charge is 2.29. The maximum Gasteiger partial charge on any atom is 0.407 e. The van der Waals surface area contributed by atoms with Crippen LogP contribution in [0.25, 0.3) is 11.1 Å². The largest absolute Gasteiger partial charge is 0.477 e. The number of rotatable bonds is 9. The minimum atomic E-state index is -1.06. The fourth-order valence-corrected chi connectivity index (χ4v) is 4.81. The molecule has 4 rings (SSSR count). The van der Waals surface area contributed by atoms with Crippen molar-refractivity contribution >= 4 is 29.3 Å². The van der Waals surface area contributed by atoms with Gasteiger partial charge in [0.1, 0.15) is 22.5 Å². The van der Waals surface area contributed by atoms with Crippen LogP contribution in [0, 0.1) is 0 Å². The van der Waals surface area contributed by atoms with Crippen molar-refractivity contribution in [3.05, 3.63) is 75.7 Å². The summed E-state index contributed by atoms with van der Waals surface area (Å²) in [5, 5.41) is 14.8. The van der Waals surface area contributed by atoms with Crippen molar-refractivity contribution in [3.8, 4) is 11.1 Å². The number of alkyl carbamates (subject to hydrolysis) is 1. The summed E-state index contributed by atoms with van der Waals surface area (Å²) in [4.78, 5) is 40.3. The zero-order chi connectivity index (χ0) is 24.1. The number of nitrogens with zero attached hydrogens (tertiary/aromatic N) is 1. The van der Waals surface area contributed by atoms with Crippen molar-refractivity contribution in [1.29, 1.82) is 0 Å². The fraction of sp³-hybridized carbons (Fsp3) is 0.280. The van der Waals surface area contributed by atoms with Crippen molar-refractivity contribution in [1.82, 2.24) is 15.6 Å². The molecule has 2 aromatic carbocycles. The maximum absolute atomic E-state index is 12.6. The molecule has 0 unspecified atom stereocenters. The number of fused-ring (bicyclic) bond motifs is 3. The average Bonchev–Trinajstić information content (AvgIpc) is 3.44. The lowest BCUT2D eigenvalue weighted by Gasteiger charge is -2.19. The minimum absolute atomic E-state index is 0.0649. The van der Waals surface area contributed by atoms with Gasteiger partial charge in [0.25, 0.3) is 0 Å². The molecule has 0 spiro atoms. The first-order chi connectivity index (χ1) is 16.5. The zero-order valence-corrected chi connectivity index (χ0v) is 19.4. The molecule has 176 valence electrons. The number of hydrogen-bond donors (Lipinski definition) is 3. The SMILES string of the molecule is CCC[C@@H](NC(=O)OCC1c2ccccc2-c2ccccc21)C(=O)NCc1ncc(C(=O)O)s1. The second-order valence-electron chi connectivity index (χ2n) is 7.95. The summed E-state index contributed by atoms with van der Waals surface area (Å²) in [7, 11) is 0. The number of aromatic carboxylic acids is 1. The van der Waals surface area contributed by atoms with Gasteiger partial charge in [-0.1, -0.05) is 61.9 Å². The third-order valence-corrected chi connectivity index (χ3v) is 6.69. The number of hydrogen-bond acceptors (Lipinski definition) is 6. The Morgan fingerprint density at radius 3 is 2.32 bits per heavy atom. The van der Waals surface area contributed by atoms with Crippen LogP contribution >= 0.6 is 11.3 Å². The van der Waals surface area contributed by atoms with E-state index in [4.69, 9.17) is 9.84 Å². The van der Waals surface area contributed by atoms with E-state index in [1.807, 2.05) is 43.3 Å². The van der Waals surface area contributed by atoms with Crippen molar-refractivity contribution in [3.63, 3.8) is 0 Å². The quantitative estimate of drug-likeness (QED) is 0.424. The van der Waals surface area contributed by atoms with Crippen LogP contribution in [-0.4, -0.2) is 40.7 Å². The van der Waals surface area contributed by atoms with E-state index in [1.165, 1.54) is 6.20 Å². The highest BCUT2D eigenvalue weighted by Crippen LogP contribution is 2.44. The predicted octanol–water partition coefficient (Wildman–Crippen LogP) is 4.16. The lowest BCUT2D eigenvalue weighted by Crippen LogP contribution is -2.46. The summed E-state index contributed by atoms with van der Waals surface area (Å²) in [5.74, 6) is -1.50. The number of carboxylic acids is 1. The molecule has 34 heavy (non-hydrogen) atoms. The van der Waals surface area contributed by atoms with E-state index in [0.29, 0.717) is 17.8 Å². The number of carboxylic acid groups (broad SMARTS) is 1. The van der Waals surface area contributed by atoms with Gasteiger partial charge in [-0.3, -0.25) is 4.79 Å². The molecule has 3 aromatic rings. The first kappa shape index (κ1) is 23.4. The number of carbonyl (C=O) groups excluding carboxylic acids is 2. The van der Waals surface area contributed by atoms with Crippen LogP contribution in [0.2, 0.25) is 0 Å². The highest BCUT2D eigenvalue weighted by molar-refractivity contribution is 7.13. The van der Waals surface area contributed by atoms with Gasteiger partial charge in [0, 0.05) is 5.92 Å². The standard InChI is InChI=1S/C25H25N3O5S/c1-2-7-20(23(29)27-13-22-26-12-21(34-22)24(30)31)28-25(32)33-14-19-17-10-5-3-8-15(17)16-9-4-6-11-18(16)19/h3-6,8-12,19-20H,2,7,13-14H2,1H3,(H,27,29)(H,28,32)(H,30,31)/t20-/m1/s1. The molecule has 1 aromatic heterocycles. The molecule has 1 heterocycles. The Labute approximate surface area is 201 Å². The number of ether oxygens (including phenoxy) is 1. The summed E-state index contributed by atoms with van der Waals surface area (Å²) < 4.78 is 5.55. The van der Waals surface area contributed by atoms with Gasteiger partial charge in [0.15, 0.2) is 0 Å². The maximum atomic E-state index is 12.6. The molecule has 1 atom stereocenters. The second kappa shape index (κ2) is 10.5. The molecule has 0 aliphatic heterocycles.